The first kappa shape index (κ1) is 26.0. The van der Waals surface area contributed by atoms with Gasteiger partial charge in [0.25, 0.3) is 11.9 Å². The molecule has 0 aliphatic carbocycles. The van der Waals surface area contributed by atoms with Crippen molar-refractivity contribution in [3.05, 3.63) is 53.6 Å². The molecule has 1 aliphatic rings. The summed E-state index contributed by atoms with van der Waals surface area (Å²) in [5.41, 5.74) is 1.87. The zero-order chi connectivity index (χ0) is 26.2. The van der Waals surface area contributed by atoms with E-state index in [0.717, 1.165) is 43.5 Å². The molecule has 2 aromatic rings. The van der Waals surface area contributed by atoms with Gasteiger partial charge in [-0.05, 0) is 37.3 Å². The molecule has 1 amide bonds. The standard InChI is InChI=1S/C20H16F8N4O3/c1-17(18(22,23)8-35-16(29)32-17)12-6-10(2-4-13(12)21)31-15(33)14-5-3-11(7-30-14)34-9-19(24,25)20(26,27)28/h2-7H,8-9H2,1H3,(H2,29,32)(H,31,33). The van der Waals surface area contributed by atoms with Gasteiger partial charge < -0.3 is 20.5 Å². The van der Waals surface area contributed by atoms with Crippen molar-refractivity contribution in [1.82, 2.24) is 4.98 Å². The predicted molar refractivity (Wildman–Crippen MR) is 105 cm³/mol. The molecule has 0 fully saturated rings. The van der Waals surface area contributed by atoms with E-state index in [1.165, 1.54) is 0 Å². The zero-order valence-electron chi connectivity index (χ0n) is 17.6. The minimum atomic E-state index is -5.81. The van der Waals surface area contributed by atoms with Crippen LogP contribution in [0.15, 0.2) is 41.5 Å². The Morgan fingerprint density at radius 3 is 2.49 bits per heavy atom. The molecule has 190 valence electrons. The molecule has 1 aromatic carbocycles. The summed E-state index contributed by atoms with van der Waals surface area (Å²) in [6.45, 7) is -2.21. The van der Waals surface area contributed by atoms with Crippen molar-refractivity contribution < 1.29 is 49.4 Å². The molecule has 1 aliphatic heterocycles. The normalized spacial score (nSPS) is 20.0. The molecule has 3 rings (SSSR count). The number of carbonyl (C=O) groups is 1. The first-order valence-corrected chi connectivity index (χ1v) is 9.56. The van der Waals surface area contributed by atoms with E-state index >= 15 is 0 Å². The monoisotopic (exact) mass is 512 g/mol. The minimum Gasteiger partial charge on any atom is -0.485 e. The maximum absolute atomic E-state index is 14.5. The smallest absolute Gasteiger partial charge is 0.456 e. The van der Waals surface area contributed by atoms with Crippen molar-refractivity contribution in [2.75, 3.05) is 18.5 Å². The number of hydrogen-bond acceptors (Lipinski definition) is 6. The molecule has 1 aromatic heterocycles. The summed E-state index contributed by atoms with van der Waals surface area (Å²) in [6, 6.07) is 4.11. The number of hydrogen-bond donors (Lipinski definition) is 2. The van der Waals surface area contributed by atoms with E-state index in [2.05, 4.69) is 24.8 Å². The second-order valence-electron chi connectivity index (χ2n) is 7.53. The number of rotatable bonds is 6. The summed E-state index contributed by atoms with van der Waals surface area (Å²) in [4.78, 5) is 19.6. The molecular weight excluding hydrogens is 496 g/mol. The van der Waals surface area contributed by atoms with Gasteiger partial charge in [0.15, 0.2) is 18.8 Å². The average Bonchev–Trinajstić information content (AvgIpc) is 2.76. The minimum absolute atomic E-state index is 0.129. The number of nitrogens with two attached hydrogens (primary N) is 1. The molecule has 0 spiro atoms. The van der Waals surface area contributed by atoms with Gasteiger partial charge in [-0.25, -0.2) is 14.4 Å². The largest absolute Gasteiger partial charge is 0.485 e. The van der Waals surface area contributed by atoms with E-state index in [9.17, 15) is 39.9 Å². The third-order valence-corrected chi connectivity index (χ3v) is 5.00. The number of anilines is 1. The van der Waals surface area contributed by atoms with Crippen molar-refractivity contribution >= 4 is 17.6 Å². The third-order valence-electron chi connectivity index (χ3n) is 5.00. The number of amidine groups is 1. The van der Waals surface area contributed by atoms with Crippen LogP contribution < -0.4 is 15.8 Å². The highest BCUT2D eigenvalue weighted by Gasteiger charge is 2.58. The molecule has 0 bridgehead atoms. The number of benzene rings is 1. The Morgan fingerprint density at radius 2 is 1.89 bits per heavy atom. The summed E-state index contributed by atoms with van der Waals surface area (Å²) >= 11 is 0. The lowest BCUT2D eigenvalue weighted by atomic mass is 9.85. The van der Waals surface area contributed by atoms with Crippen LogP contribution in [0.2, 0.25) is 0 Å². The third kappa shape index (κ3) is 5.22. The second kappa shape index (κ2) is 8.85. The van der Waals surface area contributed by atoms with Crippen LogP contribution in [-0.4, -0.2) is 48.1 Å². The molecule has 0 saturated heterocycles. The number of nitrogens with one attached hydrogen (secondary N) is 1. The van der Waals surface area contributed by atoms with Gasteiger partial charge >= 0.3 is 18.0 Å². The number of carbonyl (C=O) groups excluding carboxylic acids is 1. The summed E-state index contributed by atoms with van der Waals surface area (Å²) in [5.74, 6) is -11.2. The lowest BCUT2D eigenvalue weighted by Crippen LogP contribution is -2.51. The molecule has 15 heteroatoms. The van der Waals surface area contributed by atoms with Gasteiger partial charge in [-0.2, -0.15) is 30.7 Å². The number of nitrogens with zero attached hydrogens (tertiary/aromatic N) is 2. The Hall–Kier alpha value is -3.65. The Labute approximate surface area is 191 Å². The second-order valence-corrected chi connectivity index (χ2v) is 7.53. The molecule has 0 radical (unpaired) electrons. The predicted octanol–water partition coefficient (Wildman–Crippen LogP) is 4.24. The zero-order valence-corrected chi connectivity index (χ0v) is 17.6. The number of halogens is 8. The van der Waals surface area contributed by atoms with E-state index in [4.69, 9.17) is 5.73 Å². The van der Waals surface area contributed by atoms with Crippen LogP contribution in [0.4, 0.5) is 40.8 Å². The molecule has 7 nitrogen and oxygen atoms in total. The lowest BCUT2D eigenvalue weighted by molar-refractivity contribution is -0.290. The fraction of sp³-hybridized carbons (Fsp3) is 0.350. The summed E-state index contributed by atoms with van der Waals surface area (Å²) < 4.78 is 115. The van der Waals surface area contributed by atoms with Crippen molar-refractivity contribution in [3.63, 3.8) is 0 Å². The number of ether oxygens (including phenoxy) is 2. The van der Waals surface area contributed by atoms with Crippen molar-refractivity contribution in [2.24, 2.45) is 10.7 Å². The number of alkyl halides is 7. The van der Waals surface area contributed by atoms with E-state index < -0.39 is 65.8 Å². The quantitative estimate of drug-likeness (QED) is 0.565. The molecule has 2 heterocycles. The Bertz CT molecular complexity index is 1140. The van der Waals surface area contributed by atoms with Crippen LogP contribution >= 0.6 is 0 Å². The van der Waals surface area contributed by atoms with Crippen LogP contribution in [0, 0.1) is 5.82 Å². The molecular formula is C20H16F8N4O3. The van der Waals surface area contributed by atoms with Gasteiger partial charge in [0.1, 0.15) is 17.3 Å². The highest BCUT2D eigenvalue weighted by atomic mass is 19.4. The van der Waals surface area contributed by atoms with Crippen LogP contribution in [0.3, 0.4) is 0 Å². The van der Waals surface area contributed by atoms with Crippen LogP contribution in [0.5, 0.6) is 5.75 Å². The number of amides is 1. The molecule has 1 unspecified atom stereocenters. The Kier molecular flexibility index (Phi) is 6.57. The van der Waals surface area contributed by atoms with Crippen LogP contribution in [-0.2, 0) is 10.3 Å². The highest BCUT2D eigenvalue weighted by Crippen LogP contribution is 2.45. The Morgan fingerprint density at radius 1 is 1.20 bits per heavy atom. The van der Waals surface area contributed by atoms with Gasteiger partial charge in [-0.15, -0.1) is 0 Å². The molecule has 3 N–H and O–H groups in total. The topological polar surface area (TPSA) is 98.8 Å². The Balaban J connectivity index is 1.76. The van der Waals surface area contributed by atoms with Crippen LogP contribution in [0.25, 0.3) is 0 Å². The van der Waals surface area contributed by atoms with Crippen molar-refractivity contribution in [2.45, 2.75) is 30.5 Å². The SMILES string of the molecule is CC1(c2cc(NC(=O)c3ccc(OCC(F)(F)C(F)(F)F)cn3)ccc2F)N=C(N)OCC1(F)F. The number of pyridine rings is 1. The van der Waals surface area contributed by atoms with Crippen LogP contribution in [0.1, 0.15) is 23.0 Å². The summed E-state index contributed by atoms with van der Waals surface area (Å²) in [6.07, 6.45) is -5.07. The van der Waals surface area contributed by atoms with Gasteiger partial charge in [0, 0.05) is 11.3 Å². The molecule has 0 saturated carbocycles. The maximum atomic E-state index is 14.5. The molecule has 1 atom stereocenters. The fourth-order valence-corrected chi connectivity index (χ4v) is 2.92. The fourth-order valence-electron chi connectivity index (χ4n) is 2.92. The first-order valence-electron chi connectivity index (χ1n) is 9.56. The number of aromatic nitrogens is 1. The van der Waals surface area contributed by atoms with Crippen molar-refractivity contribution in [3.8, 4) is 5.75 Å². The highest BCUT2D eigenvalue weighted by molar-refractivity contribution is 6.02. The average molecular weight is 512 g/mol. The van der Waals surface area contributed by atoms with Crippen molar-refractivity contribution in [1.29, 1.82) is 0 Å². The van der Waals surface area contributed by atoms with Gasteiger partial charge in [-0.3, -0.25) is 4.79 Å². The first-order chi connectivity index (χ1) is 16.1. The molecule has 35 heavy (non-hydrogen) atoms. The van der Waals surface area contributed by atoms with E-state index in [1.807, 2.05) is 0 Å². The van der Waals surface area contributed by atoms with E-state index in [0.29, 0.717) is 0 Å². The summed E-state index contributed by atoms with van der Waals surface area (Å²) in [7, 11) is 0. The number of aliphatic imine (C=N–C) groups is 1. The maximum Gasteiger partial charge on any atom is 0.456 e. The van der Waals surface area contributed by atoms with E-state index in [-0.39, 0.29) is 11.4 Å². The van der Waals surface area contributed by atoms with E-state index in [1.54, 1.807) is 0 Å². The summed E-state index contributed by atoms with van der Waals surface area (Å²) in [5, 5.41) is 2.28. The van der Waals surface area contributed by atoms with Gasteiger partial charge in [0.2, 0.25) is 0 Å². The van der Waals surface area contributed by atoms with Gasteiger partial charge in [0.05, 0.1) is 6.20 Å². The van der Waals surface area contributed by atoms with Gasteiger partial charge in [-0.1, -0.05) is 0 Å². The lowest BCUT2D eigenvalue weighted by Gasteiger charge is -2.37.